The maximum atomic E-state index is 4.02. The van der Waals surface area contributed by atoms with Crippen LogP contribution in [0.2, 0.25) is 0 Å². The van der Waals surface area contributed by atoms with Crippen molar-refractivity contribution in [1.82, 2.24) is 0 Å². The van der Waals surface area contributed by atoms with E-state index < -0.39 is 0 Å². The van der Waals surface area contributed by atoms with Crippen LogP contribution in [0.3, 0.4) is 0 Å². The van der Waals surface area contributed by atoms with Crippen LogP contribution in [-0.4, -0.2) is 0 Å². The molecule has 0 N–H and O–H groups in total. The summed E-state index contributed by atoms with van der Waals surface area (Å²) < 4.78 is 0. The molecule has 0 aromatic heterocycles. The number of hydrogen-bond donors (Lipinski definition) is 1. The first-order valence-corrected chi connectivity index (χ1v) is 3.32. The van der Waals surface area contributed by atoms with Gasteiger partial charge in [0.2, 0.25) is 0 Å². The van der Waals surface area contributed by atoms with Crippen molar-refractivity contribution in [2.75, 3.05) is 0 Å². The van der Waals surface area contributed by atoms with Gasteiger partial charge in [-0.15, -0.1) is 0 Å². The van der Waals surface area contributed by atoms with E-state index in [1.54, 1.807) is 0 Å². The fourth-order valence-electron chi connectivity index (χ4n) is 0.466. The van der Waals surface area contributed by atoms with Crippen molar-refractivity contribution in [3.63, 3.8) is 0 Å². The predicted molar refractivity (Wildman–Crippen MR) is 42.2 cm³/mol. The molecule has 0 bridgehead atoms. The fraction of sp³-hybridized carbons (Fsp3) is 0.429. The molecule has 0 saturated heterocycles. The van der Waals surface area contributed by atoms with E-state index in [2.05, 4.69) is 25.6 Å². The van der Waals surface area contributed by atoms with E-state index in [1.807, 2.05) is 18.4 Å². The van der Waals surface area contributed by atoms with Gasteiger partial charge in [-0.25, -0.2) is 0 Å². The molecule has 1 heteroatoms. The quantitative estimate of drug-likeness (QED) is 0.429. The summed E-state index contributed by atoms with van der Waals surface area (Å²) in [4.78, 5) is 0. The van der Waals surface area contributed by atoms with Crippen molar-refractivity contribution in [3.8, 4) is 0 Å². The average molecular weight is 128 g/mol. The van der Waals surface area contributed by atoms with Crippen molar-refractivity contribution in [3.05, 3.63) is 23.1 Å². The summed E-state index contributed by atoms with van der Waals surface area (Å²) in [6.07, 6.45) is 5.15. The van der Waals surface area contributed by atoms with Crippen molar-refractivity contribution in [2.24, 2.45) is 0 Å². The molecule has 0 aromatic carbocycles. The van der Waals surface area contributed by atoms with Crippen molar-refractivity contribution < 1.29 is 0 Å². The van der Waals surface area contributed by atoms with Crippen LogP contribution in [0.4, 0.5) is 0 Å². The molecule has 46 valence electrons. The number of thiol groups is 1. The zero-order chi connectivity index (χ0) is 6.41. The van der Waals surface area contributed by atoms with Gasteiger partial charge in [-0.2, -0.15) is 12.6 Å². The SMILES string of the molecule is C/C=C\C(=C/S)CC. The Kier molecular flexibility index (Phi) is 4.87. The third-order valence-electron chi connectivity index (χ3n) is 0.955. The van der Waals surface area contributed by atoms with Gasteiger partial charge in [0.05, 0.1) is 0 Å². The van der Waals surface area contributed by atoms with Crippen molar-refractivity contribution in [1.29, 1.82) is 0 Å². The second kappa shape index (κ2) is 4.98. The van der Waals surface area contributed by atoms with E-state index in [9.17, 15) is 0 Å². The van der Waals surface area contributed by atoms with Gasteiger partial charge in [0.1, 0.15) is 0 Å². The maximum Gasteiger partial charge on any atom is -0.0292 e. The summed E-state index contributed by atoms with van der Waals surface area (Å²) in [7, 11) is 0. The number of hydrogen-bond acceptors (Lipinski definition) is 1. The molecule has 0 saturated carbocycles. The van der Waals surface area contributed by atoms with Gasteiger partial charge in [0, 0.05) is 0 Å². The Hall–Kier alpha value is -0.170. The van der Waals surface area contributed by atoms with Crippen LogP contribution < -0.4 is 0 Å². The first kappa shape index (κ1) is 7.83. The van der Waals surface area contributed by atoms with Gasteiger partial charge in [-0.05, 0) is 24.3 Å². The molecule has 0 heterocycles. The molecule has 0 atom stereocenters. The van der Waals surface area contributed by atoms with Crippen LogP contribution in [-0.2, 0) is 0 Å². The van der Waals surface area contributed by atoms with Gasteiger partial charge < -0.3 is 0 Å². The van der Waals surface area contributed by atoms with Crippen LogP contribution in [0, 0.1) is 0 Å². The van der Waals surface area contributed by atoms with Gasteiger partial charge in [0.15, 0.2) is 0 Å². The summed E-state index contributed by atoms with van der Waals surface area (Å²) in [6.45, 7) is 4.12. The van der Waals surface area contributed by atoms with Crippen LogP contribution in [0.25, 0.3) is 0 Å². The molecule has 0 unspecified atom stereocenters. The summed E-state index contributed by atoms with van der Waals surface area (Å²) in [6, 6.07) is 0. The molecule has 0 radical (unpaired) electrons. The minimum atomic E-state index is 1.06. The molecule has 0 fully saturated rings. The van der Waals surface area contributed by atoms with Crippen LogP contribution >= 0.6 is 12.6 Å². The van der Waals surface area contributed by atoms with E-state index in [0.29, 0.717) is 0 Å². The Bertz CT molecular complexity index is 98.2. The first-order chi connectivity index (χ1) is 3.85. The van der Waals surface area contributed by atoms with Crippen LogP contribution in [0.15, 0.2) is 23.1 Å². The van der Waals surface area contributed by atoms with E-state index in [0.717, 1.165) is 6.42 Å². The first-order valence-electron chi connectivity index (χ1n) is 2.81. The smallest absolute Gasteiger partial charge is 0.0292 e. The highest BCUT2D eigenvalue weighted by molar-refractivity contribution is 7.83. The minimum Gasteiger partial charge on any atom is -0.151 e. The van der Waals surface area contributed by atoms with E-state index in [1.165, 1.54) is 5.57 Å². The van der Waals surface area contributed by atoms with Crippen LogP contribution in [0.5, 0.6) is 0 Å². The molecule has 0 aliphatic carbocycles. The Balaban J connectivity index is 3.72. The van der Waals surface area contributed by atoms with Gasteiger partial charge in [-0.1, -0.05) is 19.1 Å². The number of allylic oxidation sites excluding steroid dienone is 3. The van der Waals surface area contributed by atoms with E-state index >= 15 is 0 Å². The van der Waals surface area contributed by atoms with Gasteiger partial charge in [0.25, 0.3) is 0 Å². The lowest BCUT2D eigenvalue weighted by Crippen LogP contribution is -1.68. The molecule has 0 aliphatic heterocycles. The lowest BCUT2D eigenvalue weighted by molar-refractivity contribution is 1.15. The molecule has 0 amide bonds. The largest absolute Gasteiger partial charge is 0.151 e. The summed E-state index contributed by atoms with van der Waals surface area (Å²) >= 11 is 4.02. The molecule has 0 rings (SSSR count). The molecule has 0 aromatic rings. The molecule has 0 nitrogen and oxygen atoms in total. The Labute approximate surface area is 56.7 Å². The van der Waals surface area contributed by atoms with Gasteiger partial charge >= 0.3 is 0 Å². The topological polar surface area (TPSA) is 0 Å². The molecule has 0 aliphatic rings. The Morgan fingerprint density at radius 2 is 2.25 bits per heavy atom. The third-order valence-corrected chi connectivity index (χ3v) is 1.29. The van der Waals surface area contributed by atoms with E-state index in [4.69, 9.17) is 0 Å². The van der Waals surface area contributed by atoms with Gasteiger partial charge in [-0.3, -0.25) is 0 Å². The molecular formula is C7H12S. The minimum absolute atomic E-state index is 1.06. The average Bonchev–Trinajstić information content (AvgIpc) is 1.83. The second-order valence-corrected chi connectivity index (χ2v) is 1.82. The van der Waals surface area contributed by atoms with Crippen LogP contribution in [0.1, 0.15) is 20.3 Å². The standard InChI is InChI=1S/C7H12S/c1-3-5-7(4-2)6-8/h3,5-6,8H,4H2,1-2H3/b5-3-,7-6-. The highest BCUT2D eigenvalue weighted by atomic mass is 32.1. The highest BCUT2D eigenvalue weighted by Gasteiger charge is 1.80. The normalized spacial score (nSPS) is 13.1. The molecule has 8 heavy (non-hydrogen) atoms. The molecule has 0 spiro atoms. The molecular weight excluding hydrogens is 116 g/mol. The maximum absolute atomic E-state index is 4.02. The zero-order valence-electron chi connectivity index (χ0n) is 5.39. The van der Waals surface area contributed by atoms with Crippen molar-refractivity contribution in [2.45, 2.75) is 20.3 Å². The Morgan fingerprint density at radius 1 is 1.62 bits per heavy atom. The summed E-state index contributed by atoms with van der Waals surface area (Å²) in [5, 5.41) is 1.83. The predicted octanol–water partition coefficient (Wildman–Crippen LogP) is 2.79. The lowest BCUT2D eigenvalue weighted by Gasteiger charge is -1.89. The highest BCUT2D eigenvalue weighted by Crippen LogP contribution is 2.02. The van der Waals surface area contributed by atoms with Crippen molar-refractivity contribution >= 4 is 12.6 Å². The number of rotatable bonds is 2. The zero-order valence-corrected chi connectivity index (χ0v) is 6.28. The second-order valence-electron chi connectivity index (χ2n) is 1.56. The monoisotopic (exact) mass is 128 g/mol. The van der Waals surface area contributed by atoms with E-state index in [-0.39, 0.29) is 0 Å². The lowest BCUT2D eigenvalue weighted by atomic mass is 10.2. The third kappa shape index (κ3) is 2.92. The fourth-order valence-corrected chi connectivity index (χ4v) is 0.735. The summed E-state index contributed by atoms with van der Waals surface area (Å²) in [5.74, 6) is 0. The Morgan fingerprint density at radius 3 is 2.38 bits per heavy atom. The summed E-state index contributed by atoms with van der Waals surface area (Å²) in [5.41, 5.74) is 1.27.